The van der Waals surface area contributed by atoms with E-state index in [1.54, 1.807) is 24.3 Å². The molecule has 1 atom stereocenters. The Hall–Kier alpha value is -3.56. The number of hydrogen-bond donors (Lipinski definition) is 3. The average Bonchev–Trinajstić information content (AvgIpc) is 2.62. The van der Waals surface area contributed by atoms with E-state index in [0.717, 1.165) is 10.8 Å². The average molecular weight is 346 g/mol. The van der Waals surface area contributed by atoms with Gasteiger partial charge in [0.05, 0.1) is 0 Å². The Labute approximate surface area is 140 Å². The molecule has 0 spiro atoms. The van der Waals surface area contributed by atoms with Crippen LogP contribution in [0, 0.1) is 0 Å². The molecule has 3 rings (SSSR count). The van der Waals surface area contributed by atoms with Gasteiger partial charge in [-0.3, -0.25) is 30.2 Å². The van der Waals surface area contributed by atoms with E-state index in [-0.39, 0.29) is 12.2 Å². The maximum Gasteiger partial charge on any atom is 0.328 e. The van der Waals surface area contributed by atoms with Crippen molar-refractivity contribution in [2.75, 3.05) is 6.61 Å². The molecule has 0 saturated heterocycles. The number of hydrogen-bond acceptors (Lipinski definition) is 6. The summed E-state index contributed by atoms with van der Waals surface area (Å²) in [6.45, 7) is -0.0286. The monoisotopic (exact) mass is 346 g/mol. The number of nitrogens with zero attached hydrogens (tertiary/aromatic N) is 1. The molecule has 10 heteroatoms. The van der Waals surface area contributed by atoms with Gasteiger partial charge in [-0.2, -0.15) is 0 Å². The van der Waals surface area contributed by atoms with Crippen molar-refractivity contribution in [3.8, 4) is 11.5 Å². The minimum Gasteiger partial charge on any atom is -0.485 e. The number of rotatable bonds is 2. The number of hydrazine groups is 1. The van der Waals surface area contributed by atoms with Crippen LogP contribution in [0.1, 0.15) is 10.4 Å². The van der Waals surface area contributed by atoms with Crippen molar-refractivity contribution in [3.63, 3.8) is 0 Å². The molecule has 10 nitrogen and oxygen atoms in total. The van der Waals surface area contributed by atoms with Crippen molar-refractivity contribution >= 4 is 11.8 Å². The third-order valence-electron chi connectivity index (χ3n) is 3.45. The number of benzene rings is 1. The van der Waals surface area contributed by atoms with Gasteiger partial charge in [0.1, 0.15) is 12.2 Å². The summed E-state index contributed by atoms with van der Waals surface area (Å²) in [7, 11) is 1.37. The number of H-pyrrole nitrogens is 1. The van der Waals surface area contributed by atoms with Gasteiger partial charge in [-0.1, -0.05) is 12.1 Å². The van der Waals surface area contributed by atoms with Crippen LogP contribution in [0.2, 0.25) is 0 Å². The van der Waals surface area contributed by atoms with Gasteiger partial charge in [-0.15, -0.1) is 0 Å². The van der Waals surface area contributed by atoms with Gasteiger partial charge in [0.15, 0.2) is 11.5 Å². The second kappa shape index (κ2) is 6.51. The molecule has 1 aliphatic heterocycles. The Morgan fingerprint density at radius 3 is 2.68 bits per heavy atom. The van der Waals surface area contributed by atoms with Crippen LogP contribution < -0.4 is 31.6 Å². The highest BCUT2D eigenvalue weighted by atomic mass is 16.6. The first-order chi connectivity index (χ1) is 12.0. The summed E-state index contributed by atoms with van der Waals surface area (Å²) < 4.78 is 11.9. The lowest BCUT2D eigenvalue weighted by Crippen LogP contribution is -2.51. The van der Waals surface area contributed by atoms with Crippen LogP contribution in [-0.4, -0.2) is 34.1 Å². The number of carbonyl (C=O) groups excluding carboxylic acids is 2. The van der Waals surface area contributed by atoms with E-state index in [9.17, 15) is 19.2 Å². The van der Waals surface area contributed by atoms with Crippen molar-refractivity contribution in [1.82, 2.24) is 20.4 Å². The fraction of sp³-hybridized carbons (Fsp3) is 0.200. The van der Waals surface area contributed by atoms with Gasteiger partial charge in [0.25, 0.3) is 17.4 Å². The van der Waals surface area contributed by atoms with Crippen molar-refractivity contribution < 1.29 is 19.1 Å². The molecule has 0 aliphatic carbocycles. The molecule has 1 aromatic heterocycles. The predicted molar refractivity (Wildman–Crippen MR) is 84.3 cm³/mol. The SMILES string of the molecule is Cn1cc(C(=O)NNC(=O)C2COc3ccccc3O2)c(=O)[nH]c1=O. The van der Waals surface area contributed by atoms with E-state index < -0.39 is 29.2 Å². The molecule has 130 valence electrons. The van der Waals surface area contributed by atoms with Gasteiger partial charge < -0.3 is 14.0 Å². The van der Waals surface area contributed by atoms with Gasteiger partial charge in [0.2, 0.25) is 6.10 Å². The zero-order chi connectivity index (χ0) is 18.0. The maximum absolute atomic E-state index is 12.1. The summed E-state index contributed by atoms with van der Waals surface area (Å²) in [5.41, 5.74) is 2.42. The van der Waals surface area contributed by atoms with Crippen molar-refractivity contribution in [2.24, 2.45) is 7.05 Å². The quantitative estimate of drug-likeness (QED) is 0.578. The molecule has 2 heterocycles. The summed E-state index contributed by atoms with van der Waals surface area (Å²) in [5, 5.41) is 0. The third-order valence-corrected chi connectivity index (χ3v) is 3.45. The van der Waals surface area contributed by atoms with Crippen LogP contribution in [0.3, 0.4) is 0 Å². The second-order valence-corrected chi connectivity index (χ2v) is 5.22. The first-order valence-corrected chi connectivity index (χ1v) is 7.24. The molecule has 1 aromatic carbocycles. The largest absolute Gasteiger partial charge is 0.485 e. The number of amides is 2. The van der Waals surface area contributed by atoms with Gasteiger partial charge in [-0.25, -0.2) is 4.79 Å². The summed E-state index contributed by atoms with van der Waals surface area (Å²) >= 11 is 0. The number of carbonyl (C=O) groups is 2. The highest BCUT2D eigenvalue weighted by Gasteiger charge is 2.27. The maximum atomic E-state index is 12.1. The van der Waals surface area contributed by atoms with Crippen LogP contribution in [-0.2, 0) is 11.8 Å². The molecular formula is C15H14N4O6. The zero-order valence-corrected chi connectivity index (χ0v) is 13.1. The lowest BCUT2D eigenvalue weighted by Gasteiger charge is -2.25. The first-order valence-electron chi connectivity index (χ1n) is 7.24. The van der Waals surface area contributed by atoms with Crippen molar-refractivity contribution in [1.29, 1.82) is 0 Å². The minimum absolute atomic E-state index is 0.0286. The van der Waals surface area contributed by atoms with E-state index in [1.807, 2.05) is 4.98 Å². The van der Waals surface area contributed by atoms with E-state index in [1.165, 1.54) is 7.05 Å². The molecule has 2 amide bonds. The van der Waals surface area contributed by atoms with Crippen LogP contribution in [0.4, 0.5) is 0 Å². The Morgan fingerprint density at radius 1 is 1.20 bits per heavy atom. The predicted octanol–water partition coefficient (Wildman–Crippen LogP) is -1.33. The number of ether oxygens (including phenoxy) is 2. The molecule has 1 unspecified atom stereocenters. The number of aromatic nitrogens is 2. The molecule has 0 fully saturated rings. The number of para-hydroxylation sites is 2. The first kappa shape index (κ1) is 16.3. The molecule has 0 saturated carbocycles. The summed E-state index contributed by atoms with van der Waals surface area (Å²) in [6, 6.07) is 6.86. The summed E-state index contributed by atoms with van der Waals surface area (Å²) in [4.78, 5) is 48.9. The molecule has 2 aromatic rings. The number of fused-ring (bicyclic) bond motifs is 1. The van der Waals surface area contributed by atoms with Gasteiger partial charge in [0, 0.05) is 13.2 Å². The van der Waals surface area contributed by atoms with E-state index in [0.29, 0.717) is 11.5 Å². The molecule has 1 aliphatic rings. The fourth-order valence-corrected chi connectivity index (χ4v) is 2.14. The molecule has 0 bridgehead atoms. The number of aromatic amines is 1. The topological polar surface area (TPSA) is 132 Å². The van der Waals surface area contributed by atoms with Crippen LogP contribution in [0.25, 0.3) is 0 Å². The van der Waals surface area contributed by atoms with Crippen molar-refractivity contribution in [3.05, 3.63) is 56.9 Å². The lowest BCUT2D eigenvalue weighted by atomic mass is 10.2. The summed E-state index contributed by atoms with van der Waals surface area (Å²) in [6.07, 6.45) is 0.104. The Morgan fingerprint density at radius 2 is 1.92 bits per heavy atom. The number of aryl methyl sites for hydroxylation is 1. The van der Waals surface area contributed by atoms with Gasteiger partial charge in [-0.05, 0) is 12.1 Å². The molecule has 0 radical (unpaired) electrons. The highest BCUT2D eigenvalue weighted by Crippen LogP contribution is 2.30. The lowest BCUT2D eigenvalue weighted by molar-refractivity contribution is -0.131. The highest BCUT2D eigenvalue weighted by molar-refractivity contribution is 5.95. The van der Waals surface area contributed by atoms with E-state index >= 15 is 0 Å². The van der Waals surface area contributed by atoms with Gasteiger partial charge >= 0.3 is 5.69 Å². The molecular weight excluding hydrogens is 332 g/mol. The van der Waals surface area contributed by atoms with Crippen LogP contribution in [0.15, 0.2) is 40.1 Å². The standard InChI is InChI=1S/C15H14N4O6/c1-19-6-8(12(20)16-15(19)23)13(21)17-18-14(22)11-7-24-9-4-2-3-5-10(9)25-11/h2-6,11H,7H2,1H3,(H,17,21)(H,18,22)(H,16,20,23). The Balaban J connectivity index is 1.63. The normalized spacial score (nSPS) is 15.3. The molecule has 25 heavy (non-hydrogen) atoms. The number of nitrogens with one attached hydrogen (secondary N) is 3. The molecule has 3 N–H and O–H groups in total. The summed E-state index contributed by atoms with van der Waals surface area (Å²) in [5.74, 6) is -0.589. The second-order valence-electron chi connectivity index (χ2n) is 5.22. The fourth-order valence-electron chi connectivity index (χ4n) is 2.14. The zero-order valence-electron chi connectivity index (χ0n) is 13.1. The smallest absolute Gasteiger partial charge is 0.328 e. The van der Waals surface area contributed by atoms with E-state index in [2.05, 4.69) is 10.9 Å². The minimum atomic E-state index is -0.964. The van der Waals surface area contributed by atoms with E-state index in [4.69, 9.17) is 9.47 Å². The van der Waals surface area contributed by atoms with Crippen molar-refractivity contribution in [2.45, 2.75) is 6.10 Å². The Bertz CT molecular complexity index is 948. The third kappa shape index (κ3) is 3.37. The Kier molecular flexibility index (Phi) is 4.25. The van der Waals surface area contributed by atoms with Crippen LogP contribution in [0.5, 0.6) is 11.5 Å². The van der Waals surface area contributed by atoms with Crippen LogP contribution >= 0.6 is 0 Å².